The normalized spacial score (nSPS) is 17.7. The Morgan fingerprint density at radius 3 is 2.75 bits per heavy atom. The third-order valence-electron chi connectivity index (χ3n) is 6.58. The number of piperidine rings is 1. The number of fused-ring (bicyclic) bond motifs is 1. The number of methoxy groups -OCH3 is 1. The van der Waals surface area contributed by atoms with E-state index < -0.39 is 24.8 Å². The number of amides is 1. The van der Waals surface area contributed by atoms with Crippen molar-refractivity contribution in [2.75, 3.05) is 51.0 Å². The van der Waals surface area contributed by atoms with Gasteiger partial charge in [0.25, 0.3) is 5.91 Å². The first-order valence-corrected chi connectivity index (χ1v) is 12.9. The molecule has 214 valence electrons. The summed E-state index contributed by atoms with van der Waals surface area (Å²) in [6, 6.07) is 7.70. The van der Waals surface area contributed by atoms with Crippen LogP contribution >= 0.6 is 0 Å². The largest absolute Gasteiger partial charge is 0.495 e. The van der Waals surface area contributed by atoms with Crippen molar-refractivity contribution in [1.82, 2.24) is 19.6 Å². The lowest BCUT2D eigenvalue weighted by Gasteiger charge is -2.33. The Bertz CT molecular complexity index is 1410. The lowest BCUT2D eigenvalue weighted by Crippen LogP contribution is -2.46. The van der Waals surface area contributed by atoms with Gasteiger partial charge in [0.2, 0.25) is 0 Å². The fraction of sp³-hybridized carbons (Fsp3) is 0.429. The van der Waals surface area contributed by atoms with Crippen LogP contribution in [0.2, 0.25) is 0 Å². The van der Waals surface area contributed by atoms with E-state index in [9.17, 15) is 22.4 Å². The first-order valence-electron chi connectivity index (χ1n) is 12.9. The molecule has 0 unspecified atom stereocenters. The fourth-order valence-electron chi connectivity index (χ4n) is 4.62. The van der Waals surface area contributed by atoms with Gasteiger partial charge >= 0.3 is 6.18 Å². The minimum Gasteiger partial charge on any atom is -0.495 e. The van der Waals surface area contributed by atoms with Crippen LogP contribution in [0.25, 0.3) is 5.65 Å². The van der Waals surface area contributed by atoms with Gasteiger partial charge in [0, 0.05) is 31.4 Å². The number of hydrogen-bond acceptors (Lipinski definition) is 6. The highest BCUT2D eigenvalue weighted by molar-refractivity contribution is 5.95. The number of pyridine rings is 1. The van der Waals surface area contributed by atoms with E-state index in [1.807, 2.05) is 18.9 Å². The molecule has 1 fully saturated rings. The highest BCUT2D eigenvalue weighted by Crippen LogP contribution is 2.29. The standard InChI is InChI=1S/C28H32F4N6O2/c1-4-33-27(39)18-9-10-22(25(15-18)40-3)34-12-5-7-21-24(16-28(30,31)32)38-13-6-8-23(26(38)36-21)35-20-11-14-37(2)17-19(20)29/h6,8-10,13,15,19-20,34-35H,4,11-12,14,16-17H2,1-3H3,(H,33,39)/t19-,20+/m0/s1. The van der Waals surface area contributed by atoms with E-state index in [1.165, 1.54) is 17.7 Å². The van der Waals surface area contributed by atoms with Crippen molar-refractivity contribution >= 4 is 22.9 Å². The molecule has 2 aromatic heterocycles. The average Bonchev–Trinajstić information content (AvgIpc) is 3.25. The van der Waals surface area contributed by atoms with E-state index in [-0.39, 0.29) is 36.0 Å². The second-order valence-electron chi connectivity index (χ2n) is 9.56. The first-order chi connectivity index (χ1) is 19.1. The molecule has 0 bridgehead atoms. The molecule has 1 saturated heterocycles. The number of rotatable bonds is 8. The number of alkyl halides is 4. The van der Waals surface area contributed by atoms with Crippen molar-refractivity contribution in [3.8, 4) is 17.6 Å². The number of hydrogen-bond donors (Lipinski definition) is 3. The van der Waals surface area contributed by atoms with Gasteiger partial charge in [0.1, 0.15) is 17.6 Å². The topological polar surface area (TPSA) is 82.9 Å². The Balaban J connectivity index is 1.58. The summed E-state index contributed by atoms with van der Waals surface area (Å²) in [5.41, 5.74) is 1.61. The van der Waals surface area contributed by atoms with Crippen LogP contribution in [0.3, 0.4) is 0 Å². The van der Waals surface area contributed by atoms with Crippen molar-refractivity contribution in [2.45, 2.75) is 38.2 Å². The van der Waals surface area contributed by atoms with Gasteiger partial charge in [0.05, 0.1) is 43.2 Å². The van der Waals surface area contributed by atoms with Crippen LogP contribution in [0.1, 0.15) is 35.1 Å². The van der Waals surface area contributed by atoms with E-state index >= 15 is 0 Å². The Kier molecular flexibility index (Phi) is 9.04. The highest BCUT2D eigenvalue weighted by atomic mass is 19.4. The van der Waals surface area contributed by atoms with Gasteiger partial charge in [-0.05, 0) is 56.6 Å². The maximum absolute atomic E-state index is 14.6. The molecule has 1 aromatic carbocycles. The van der Waals surface area contributed by atoms with Gasteiger partial charge in [-0.1, -0.05) is 5.92 Å². The number of benzene rings is 1. The number of carbonyl (C=O) groups excluding carboxylic acids is 1. The first kappa shape index (κ1) is 29.0. The van der Waals surface area contributed by atoms with E-state index in [4.69, 9.17) is 4.74 Å². The van der Waals surface area contributed by atoms with Crippen LogP contribution in [0.15, 0.2) is 36.5 Å². The number of likely N-dealkylation sites (tertiary alicyclic amines) is 1. The summed E-state index contributed by atoms with van der Waals surface area (Å²) in [5.74, 6) is 5.79. The molecule has 1 aliphatic rings. The molecule has 0 radical (unpaired) electrons. The highest BCUT2D eigenvalue weighted by Gasteiger charge is 2.32. The van der Waals surface area contributed by atoms with Crippen LogP contribution in [0, 0.1) is 11.8 Å². The fourth-order valence-corrected chi connectivity index (χ4v) is 4.62. The molecule has 2 atom stereocenters. The van der Waals surface area contributed by atoms with E-state index in [1.54, 1.807) is 30.3 Å². The molecule has 12 heteroatoms. The molecule has 0 saturated carbocycles. The van der Waals surface area contributed by atoms with Gasteiger partial charge < -0.3 is 30.0 Å². The third kappa shape index (κ3) is 6.96. The molecular formula is C28H32F4N6O2. The molecule has 1 aliphatic heterocycles. The van der Waals surface area contributed by atoms with Crippen LogP contribution in [-0.2, 0) is 6.42 Å². The maximum Gasteiger partial charge on any atom is 0.394 e. The number of nitrogens with zero attached hydrogens (tertiary/aromatic N) is 3. The van der Waals surface area contributed by atoms with Crippen LogP contribution < -0.4 is 20.7 Å². The summed E-state index contributed by atoms with van der Waals surface area (Å²) in [5, 5.41) is 8.93. The molecule has 3 aromatic rings. The summed E-state index contributed by atoms with van der Waals surface area (Å²) < 4.78 is 61.9. The predicted molar refractivity (Wildman–Crippen MR) is 146 cm³/mol. The van der Waals surface area contributed by atoms with Gasteiger partial charge in [-0.3, -0.25) is 4.79 Å². The number of halogens is 4. The molecule has 8 nitrogen and oxygen atoms in total. The van der Waals surface area contributed by atoms with Crippen molar-refractivity contribution < 1.29 is 27.1 Å². The molecule has 1 amide bonds. The van der Waals surface area contributed by atoms with Crippen molar-refractivity contribution in [3.63, 3.8) is 0 Å². The number of nitrogens with one attached hydrogen (secondary N) is 3. The van der Waals surface area contributed by atoms with Gasteiger partial charge in [-0.25, -0.2) is 9.37 Å². The smallest absolute Gasteiger partial charge is 0.394 e. The number of imidazole rings is 1. The summed E-state index contributed by atoms with van der Waals surface area (Å²) in [6.07, 6.45) is -4.77. The molecule has 3 heterocycles. The number of ether oxygens (including phenoxy) is 1. The maximum atomic E-state index is 14.6. The predicted octanol–water partition coefficient (Wildman–Crippen LogP) is 4.12. The quantitative estimate of drug-likeness (QED) is 0.284. The van der Waals surface area contributed by atoms with Crippen LogP contribution in [-0.4, -0.2) is 78.9 Å². The Labute approximate surface area is 230 Å². The van der Waals surface area contributed by atoms with Crippen molar-refractivity contribution in [1.29, 1.82) is 0 Å². The van der Waals surface area contributed by atoms with E-state index in [0.717, 1.165) is 0 Å². The zero-order valence-electron chi connectivity index (χ0n) is 22.5. The lowest BCUT2D eigenvalue weighted by molar-refractivity contribution is -0.128. The zero-order valence-corrected chi connectivity index (χ0v) is 22.5. The van der Waals surface area contributed by atoms with Crippen molar-refractivity contribution in [3.05, 3.63) is 53.5 Å². The zero-order chi connectivity index (χ0) is 28.9. The Hall–Kier alpha value is -3.98. The Morgan fingerprint density at radius 1 is 1.25 bits per heavy atom. The SMILES string of the molecule is CCNC(=O)c1ccc(NCC#Cc2nc3c(N[C@@H]4CCN(C)C[C@@H]4F)cccn3c2CC(F)(F)F)c(OC)c1. The number of anilines is 2. The van der Waals surface area contributed by atoms with Crippen LogP contribution in [0.4, 0.5) is 28.9 Å². The van der Waals surface area contributed by atoms with E-state index in [2.05, 4.69) is 32.8 Å². The third-order valence-corrected chi connectivity index (χ3v) is 6.58. The summed E-state index contributed by atoms with van der Waals surface area (Å²) in [6.45, 7) is 3.37. The Morgan fingerprint density at radius 2 is 2.05 bits per heavy atom. The molecule has 3 N–H and O–H groups in total. The lowest BCUT2D eigenvalue weighted by atomic mass is 10.0. The van der Waals surface area contributed by atoms with Crippen molar-refractivity contribution in [2.24, 2.45) is 0 Å². The number of carbonyl (C=O) groups is 1. The second kappa shape index (κ2) is 12.5. The summed E-state index contributed by atoms with van der Waals surface area (Å²) in [7, 11) is 3.31. The molecule has 0 aliphatic carbocycles. The van der Waals surface area contributed by atoms with Gasteiger partial charge in [-0.2, -0.15) is 13.2 Å². The average molecular weight is 561 g/mol. The van der Waals surface area contributed by atoms with Crippen LogP contribution in [0.5, 0.6) is 5.75 Å². The molecule has 0 spiro atoms. The monoisotopic (exact) mass is 560 g/mol. The minimum absolute atomic E-state index is 0.00731. The van der Waals surface area contributed by atoms with E-state index in [0.29, 0.717) is 42.2 Å². The minimum atomic E-state index is -4.48. The number of aromatic nitrogens is 2. The molecule has 4 rings (SSSR count). The molecule has 40 heavy (non-hydrogen) atoms. The van der Waals surface area contributed by atoms with Gasteiger partial charge in [0.15, 0.2) is 5.65 Å². The molecular weight excluding hydrogens is 528 g/mol. The van der Waals surface area contributed by atoms with Gasteiger partial charge in [-0.15, -0.1) is 0 Å². The summed E-state index contributed by atoms with van der Waals surface area (Å²) in [4.78, 5) is 18.4. The second-order valence-corrected chi connectivity index (χ2v) is 9.56. The summed E-state index contributed by atoms with van der Waals surface area (Å²) >= 11 is 0.